The largest absolute Gasteiger partial charge is 0.491 e. The minimum atomic E-state index is 0. The number of halogens is 2. The van der Waals surface area contributed by atoms with Crippen LogP contribution in [0.4, 0.5) is 0 Å². The lowest BCUT2D eigenvalue weighted by molar-refractivity contribution is 0.223. The molecule has 0 aliphatic rings. The van der Waals surface area contributed by atoms with Crippen LogP contribution in [0.3, 0.4) is 0 Å². The molecule has 0 radical (unpaired) electrons. The fraction of sp³-hybridized carbons (Fsp3) is 0.500. The van der Waals surface area contributed by atoms with Gasteiger partial charge in [0.15, 0.2) is 0 Å². The highest BCUT2D eigenvalue weighted by Crippen LogP contribution is 2.22. The number of nitrogens with zero attached hydrogens (tertiary/aromatic N) is 1. The van der Waals surface area contributed by atoms with Gasteiger partial charge in [-0.2, -0.15) is 0 Å². The van der Waals surface area contributed by atoms with Crippen molar-refractivity contribution in [1.82, 2.24) is 4.90 Å². The molecule has 0 aliphatic heterocycles. The average Bonchev–Trinajstić information content (AvgIpc) is 2.27. The van der Waals surface area contributed by atoms with Gasteiger partial charge >= 0.3 is 0 Å². The van der Waals surface area contributed by atoms with E-state index in [9.17, 15) is 0 Å². The minimum absolute atomic E-state index is 0. The predicted molar refractivity (Wildman–Crippen MR) is 72.0 cm³/mol. The summed E-state index contributed by atoms with van der Waals surface area (Å²) < 4.78 is 5.60. The summed E-state index contributed by atoms with van der Waals surface area (Å²) in [5.74, 6) is 0.770. The Kier molecular flexibility index (Phi) is 8.44. The lowest BCUT2D eigenvalue weighted by Gasteiger charge is -2.18. The molecule has 0 saturated carbocycles. The molecule has 0 heterocycles. The molecule has 0 saturated heterocycles. The van der Waals surface area contributed by atoms with Gasteiger partial charge in [-0.05, 0) is 25.2 Å². The second-order valence-corrected chi connectivity index (χ2v) is 3.71. The Morgan fingerprint density at radius 1 is 1.19 bits per heavy atom. The van der Waals surface area contributed by atoms with E-state index in [2.05, 4.69) is 18.7 Å². The summed E-state index contributed by atoms with van der Waals surface area (Å²) in [6.07, 6.45) is 0. The molecule has 4 heteroatoms. The molecule has 0 atom stereocenters. The minimum Gasteiger partial charge on any atom is -0.491 e. The van der Waals surface area contributed by atoms with Crippen molar-refractivity contribution >= 4 is 24.0 Å². The normalized spacial score (nSPS) is 10.0. The van der Waals surface area contributed by atoms with E-state index in [4.69, 9.17) is 16.3 Å². The Labute approximate surface area is 109 Å². The number of rotatable bonds is 6. The van der Waals surface area contributed by atoms with E-state index in [0.717, 1.165) is 25.4 Å². The first-order valence-electron chi connectivity index (χ1n) is 5.37. The average molecular weight is 264 g/mol. The number of benzene rings is 1. The third-order valence-electron chi connectivity index (χ3n) is 2.40. The van der Waals surface area contributed by atoms with Gasteiger partial charge in [0.2, 0.25) is 0 Å². The highest BCUT2D eigenvalue weighted by Gasteiger charge is 2.01. The Balaban J connectivity index is 0.00000225. The van der Waals surface area contributed by atoms with E-state index in [-0.39, 0.29) is 12.4 Å². The Morgan fingerprint density at radius 2 is 1.81 bits per heavy atom. The maximum Gasteiger partial charge on any atom is 0.137 e. The first-order chi connectivity index (χ1) is 7.27. The highest BCUT2D eigenvalue weighted by atomic mass is 35.5. The van der Waals surface area contributed by atoms with Crippen molar-refractivity contribution in [1.29, 1.82) is 0 Å². The number of hydrogen-bond donors (Lipinski definition) is 0. The molecule has 0 spiro atoms. The lowest BCUT2D eigenvalue weighted by atomic mass is 10.3. The Bertz CT molecular complexity index is 290. The van der Waals surface area contributed by atoms with Gasteiger partial charge in [-0.15, -0.1) is 12.4 Å². The second-order valence-electron chi connectivity index (χ2n) is 3.31. The molecular formula is C12H19Cl2NO. The molecule has 2 nitrogen and oxygen atoms in total. The van der Waals surface area contributed by atoms with Crippen LogP contribution in [-0.2, 0) is 0 Å². The SMILES string of the molecule is CCN(CC)CCOc1ccccc1Cl.Cl. The summed E-state index contributed by atoms with van der Waals surface area (Å²) in [6.45, 7) is 8.05. The van der Waals surface area contributed by atoms with Gasteiger partial charge in [-0.1, -0.05) is 37.6 Å². The van der Waals surface area contributed by atoms with Crippen molar-refractivity contribution in [3.8, 4) is 5.75 Å². The van der Waals surface area contributed by atoms with Crippen LogP contribution in [-0.4, -0.2) is 31.1 Å². The zero-order valence-corrected chi connectivity index (χ0v) is 11.4. The van der Waals surface area contributed by atoms with E-state index in [0.29, 0.717) is 11.6 Å². The molecule has 0 aliphatic carbocycles. The Morgan fingerprint density at radius 3 is 2.38 bits per heavy atom. The van der Waals surface area contributed by atoms with Gasteiger partial charge in [0, 0.05) is 6.54 Å². The van der Waals surface area contributed by atoms with Gasteiger partial charge in [-0.25, -0.2) is 0 Å². The van der Waals surface area contributed by atoms with Crippen LogP contribution >= 0.6 is 24.0 Å². The van der Waals surface area contributed by atoms with Crippen LogP contribution in [0, 0.1) is 0 Å². The molecule has 1 aromatic carbocycles. The maximum atomic E-state index is 5.97. The Hall–Kier alpha value is -0.440. The molecule has 0 aromatic heterocycles. The number of ether oxygens (including phenoxy) is 1. The van der Waals surface area contributed by atoms with E-state index >= 15 is 0 Å². The standard InChI is InChI=1S/C12H18ClNO.ClH/c1-3-14(4-2)9-10-15-12-8-6-5-7-11(12)13;/h5-8H,3-4,9-10H2,1-2H3;1H. The molecule has 0 fully saturated rings. The first kappa shape index (κ1) is 15.6. The molecule has 1 rings (SSSR count). The van der Waals surface area contributed by atoms with Gasteiger partial charge in [0.05, 0.1) is 5.02 Å². The topological polar surface area (TPSA) is 12.5 Å². The van der Waals surface area contributed by atoms with Crippen molar-refractivity contribution in [2.45, 2.75) is 13.8 Å². The molecule has 0 unspecified atom stereocenters. The van der Waals surface area contributed by atoms with Crippen LogP contribution in [0.2, 0.25) is 5.02 Å². The van der Waals surface area contributed by atoms with Crippen LogP contribution in [0.5, 0.6) is 5.75 Å². The fourth-order valence-electron chi connectivity index (χ4n) is 1.39. The molecule has 0 amide bonds. The molecule has 0 N–H and O–H groups in total. The monoisotopic (exact) mass is 263 g/mol. The van der Waals surface area contributed by atoms with E-state index < -0.39 is 0 Å². The van der Waals surface area contributed by atoms with Crippen LogP contribution in [0.1, 0.15) is 13.8 Å². The number of hydrogen-bond acceptors (Lipinski definition) is 2. The van der Waals surface area contributed by atoms with E-state index in [1.807, 2.05) is 24.3 Å². The third kappa shape index (κ3) is 5.06. The quantitative estimate of drug-likeness (QED) is 0.780. The zero-order valence-electron chi connectivity index (χ0n) is 9.78. The maximum absolute atomic E-state index is 5.97. The van der Waals surface area contributed by atoms with Crippen molar-refractivity contribution < 1.29 is 4.74 Å². The molecule has 0 bridgehead atoms. The summed E-state index contributed by atoms with van der Waals surface area (Å²) in [4.78, 5) is 2.32. The second kappa shape index (κ2) is 8.68. The number of likely N-dealkylation sites (N-methyl/N-ethyl adjacent to an activating group) is 1. The van der Waals surface area contributed by atoms with Crippen LogP contribution in [0.15, 0.2) is 24.3 Å². The summed E-state index contributed by atoms with van der Waals surface area (Å²) in [5, 5.41) is 0.678. The zero-order chi connectivity index (χ0) is 11.1. The molecule has 92 valence electrons. The molecule has 1 aromatic rings. The lowest BCUT2D eigenvalue weighted by Crippen LogP contribution is -2.27. The molecular weight excluding hydrogens is 245 g/mol. The van der Waals surface area contributed by atoms with Gasteiger partial charge < -0.3 is 9.64 Å². The van der Waals surface area contributed by atoms with Crippen molar-refractivity contribution in [3.05, 3.63) is 29.3 Å². The summed E-state index contributed by atoms with van der Waals surface area (Å²) in [7, 11) is 0. The van der Waals surface area contributed by atoms with E-state index in [1.54, 1.807) is 0 Å². The number of para-hydroxylation sites is 1. The molecule has 16 heavy (non-hydrogen) atoms. The fourth-order valence-corrected chi connectivity index (χ4v) is 1.58. The summed E-state index contributed by atoms with van der Waals surface area (Å²) in [6, 6.07) is 7.57. The predicted octanol–water partition coefficient (Wildman–Crippen LogP) is 3.48. The van der Waals surface area contributed by atoms with E-state index in [1.165, 1.54) is 0 Å². The van der Waals surface area contributed by atoms with Gasteiger partial charge in [0.1, 0.15) is 12.4 Å². The van der Waals surface area contributed by atoms with Crippen molar-refractivity contribution in [2.75, 3.05) is 26.2 Å². The van der Waals surface area contributed by atoms with Gasteiger partial charge in [-0.3, -0.25) is 0 Å². The van der Waals surface area contributed by atoms with Crippen LogP contribution in [0.25, 0.3) is 0 Å². The first-order valence-corrected chi connectivity index (χ1v) is 5.75. The smallest absolute Gasteiger partial charge is 0.137 e. The van der Waals surface area contributed by atoms with Gasteiger partial charge in [0.25, 0.3) is 0 Å². The third-order valence-corrected chi connectivity index (χ3v) is 2.71. The highest BCUT2D eigenvalue weighted by molar-refractivity contribution is 6.32. The summed E-state index contributed by atoms with van der Waals surface area (Å²) in [5.41, 5.74) is 0. The van der Waals surface area contributed by atoms with Crippen molar-refractivity contribution in [3.63, 3.8) is 0 Å². The van der Waals surface area contributed by atoms with Crippen LogP contribution < -0.4 is 4.74 Å². The summed E-state index contributed by atoms with van der Waals surface area (Å²) >= 11 is 5.97. The van der Waals surface area contributed by atoms with Crippen molar-refractivity contribution in [2.24, 2.45) is 0 Å².